The smallest absolute Gasteiger partial charge is 0.227 e. The quantitative estimate of drug-likeness (QED) is 0.407. The van der Waals surface area contributed by atoms with Crippen molar-refractivity contribution in [2.75, 3.05) is 26.9 Å². The second-order valence-electron chi connectivity index (χ2n) is 7.09. The third-order valence-electron chi connectivity index (χ3n) is 4.71. The minimum atomic E-state index is -0.0763. The van der Waals surface area contributed by atoms with Crippen LogP contribution in [0.15, 0.2) is 53.1 Å². The Morgan fingerprint density at radius 2 is 1.84 bits per heavy atom. The van der Waals surface area contributed by atoms with Gasteiger partial charge in [0, 0.05) is 31.6 Å². The fourth-order valence-corrected chi connectivity index (χ4v) is 3.00. The number of benzene rings is 2. The van der Waals surface area contributed by atoms with Gasteiger partial charge in [0.15, 0.2) is 0 Å². The highest BCUT2D eigenvalue weighted by Crippen LogP contribution is 2.20. The minimum absolute atomic E-state index is 0.0763. The number of amides is 1. The van der Waals surface area contributed by atoms with E-state index in [1.807, 2.05) is 55.5 Å². The van der Waals surface area contributed by atoms with E-state index in [0.29, 0.717) is 51.1 Å². The van der Waals surface area contributed by atoms with Crippen LogP contribution in [0.1, 0.15) is 30.4 Å². The summed E-state index contributed by atoms with van der Waals surface area (Å²) in [5.41, 5.74) is 2.90. The van der Waals surface area contributed by atoms with Crippen molar-refractivity contribution in [1.82, 2.24) is 15.5 Å². The van der Waals surface area contributed by atoms with Gasteiger partial charge in [-0.2, -0.15) is 4.98 Å². The maximum atomic E-state index is 12.2. The maximum absolute atomic E-state index is 12.2. The normalized spacial score (nSPS) is 10.8. The predicted molar refractivity (Wildman–Crippen MR) is 119 cm³/mol. The second kappa shape index (κ2) is 12.6. The Morgan fingerprint density at radius 1 is 1.06 bits per heavy atom. The van der Waals surface area contributed by atoms with E-state index < -0.39 is 0 Å². The van der Waals surface area contributed by atoms with Gasteiger partial charge in [-0.1, -0.05) is 29.4 Å². The molecule has 170 valence electrons. The van der Waals surface area contributed by atoms with Gasteiger partial charge in [0.2, 0.25) is 17.6 Å². The molecule has 2 aromatic carbocycles. The lowest BCUT2D eigenvalue weighted by Crippen LogP contribution is -2.23. The Bertz CT molecular complexity index is 972. The molecule has 0 aliphatic carbocycles. The molecule has 8 nitrogen and oxygen atoms in total. The monoisotopic (exact) mass is 439 g/mol. The third kappa shape index (κ3) is 7.47. The lowest BCUT2D eigenvalue weighted by atomic mass is 10.1. The second-order valence-corrected chi connectivity index (χ2v) is 7.09. The molecule has 0 saturated heterocycles. The zero-order chi connectivity index (χ0) is 22.6. The fraction of sp³-hybridized carbons (Fsp3) is 0.375. The van der Waals surface area contributed by atoms with E-state index >= 15 is 0 Å². The maximum Gasteiger partial charge on any atom is 0.227 e. The number of ether oxygens (including phenoxy) is 3. The van der Waals surface area contributed by atoms with Crippen LogP contribution in [0.2, 0.25) is 0 Å². The predicted octanol–water partition coefficient (Wildman–Crippen LogP) is 3.55. The van der Waals surface area contributed by atoms with Crippen LogP contribution in [0.5, 0.6) is 5.75 Å². The fourth-order valence-electron chi connectivity index (χ4n) is 3.00. The van der Waals surface area contributed by atoms with Gasteiger partial charge in [-0.25, -0.2) is 0 Å². The number of carbonyl (C=O) groups is 1. The molecule has 1 aromatic heterocycles. The summed E-state index contributed by atoms with van der Waals surface area (Å²) in [7, 11) is 1.61. The number of hydrogen-bond donors (Lipinski definition) is 1. The first kappa shape index (κ1) is 23.4. The summed E-state index contributed by atoms with van der Waals surface area (Å²) < 4.78 is 21.3. The van der Waals surface area contributed by atoms with Crippen LogP contribution in [0, 0.1) is 0 Å². The highest BCUT2D eigenvalue weighted by Gasteiger charge is 2.11. The number of aromatic nitrogens is 2. The summed E-state index contributed by atoms with van der Waals surface area (Å²) >= 11 is 0. The number of methoxy groups -OCH3 is 1. The van der Waals surface area contributed by atoms with Gasteiger partial charge >= 0.3 is 0 Å². The van der Waals surface area contributed by atoms with Crippen LogP contribution in [0.3, 0.4) is 0 Å². The molecular formula is C24H29N3O5. The van der Waals surface area contributed by atoms with E-state index in [4.69, 9.17) is 18.7 Å². The molecular weight excluding hydrogens is 410 g/mol. The van der Waals surface area contributed by atoms with E-state index in [2.05, 4.69) is 15.5 Å². The summed E-state index contributed by atoms with van der Waals surface area (Å²) in [5, 5.41) is 6.91. The van der Waals surface area contributed by atoms with Crippen molar-refractivity contribution in [1.29, 1.82) is 0 Å². The zero-order valence-corrected chi connectivity index (χ0v) is 18.5. The first-order chi connectivity index (χ1) is 15.7. The molecule has 1 N–H and O–H groups in total. The lowest BCUT2D eigenvalue weighted by Gasteiger charge is -2.08. The molecule has 32 heavy (non-hydrogen) atoms. The van der Waals surface area contributed by atoms with Crippen molar-refractivity contribution < 1.29 is 23.5 Å². The molecule has 0 saturated carbocycles. The molecule has 3 aromatic rings. The van der Waals surface area contributed by atoms with Crippen LogP contribution >= 0.6 is 0 Å². The van der Waals surface area contributed by atoms with Crippen LogP contribution in [0.25, 0.3) is 11.4 Å². The van der Waals surface area contributed by atoms with Gasteiger partial charge in [0.05, 0.1) is 26.9 Å². The molecule has 0 aliphatic heterocycles. The molecule has 0 fully saturated rings. The molecule has 0 radical (unpaired) electrons. The SMILES string of the molecule is CCOCCOCc1cccc(CNC(=O)CCc2nc(-c3ccc(OC)cc3)no2)c1. The topological polar surface area (TPSA) is 95.7 Å². The van der Waals surface area contributed by atoms with Gasteiger partial charge in [-0.3, -0.25) is 4.79 Å². The Hall–Kier alpha value is -3.23. The molecule has 0 spiro atoms. The Morgan fingerprint density at radius 3 is 2.62 bits per heavy atom. The van der Waals surface area contributed by atoms with Crippen molar-refractivity contribution in [2.24, 2.45) is 0 Å². The summed E-state index contributed by atoms with van der Waals surface area (Å²) in [6, 6.07) is 15.4. The van der Waals surface area contributed by atoms with Crippen LogP contribution in [-0.4, -0.2) is 43.0 Å². The largest absolute Gasteiger partial charge is 0.497 e. The Kier molecular flexibility index (Phi) is 9.21. The van der Waals surface area contributed by atoms with Crippen LogP contribution < -0.4 is 10.1 Å². The number of nitrogens with zero attached hydrogens (tertiary/aromatic N) is 2. The number of nitrogens with one attached hydrogen (secondary N) is 1. The van der Waals surface area contributed by atoms with Crippen molar-refractivity contribution in [3.8, 4) is 17.1 Å². The molecule has 0 atom stereocenters. The minimum Gasteiger partial charge on any atom is -0.497 e. The Labute approximate surface area is 187 Å². The van der Waals surface area contributed by atoms with E-state index in [1.165, 1.54) is 0 Å². The summed E-state index contributed by atoms with van der Waals surface area (Å²) in [5.74, 6) is 1.60. The lowest BCUT2D eigenvalue weighted by molar-refractivity contribution is -0.121. The Balaban J connectivity index is 1.41. The van der Waals surface area contributed by atoms with Crippen molar-refractivity contribution in [3.05, 3.63) is 65.5 Å². The summed E-state index contributed by atoms with van der Waals surface area (Å²) in [6.45, 7) is 4.77. The molecule has 0 bridgehead atoms. The summed E-state index contributed by atoms with van der Waals surface area (Å²) in [6.07, 6.45) is 0.646. The average molecular weight is 440 g/mol. The standard InChI is InChI=1S/C24H29N3O5/c1-3-30-13-14-31-17-19-6-4-5-18(15-19)16-25-22(28)11-12-23-26-24(27-32-23)20-7-9-21(29-2)10-8-20/h4-10,15H,3,11-14,16-17H2,1-2H3,(H,25,28). The van der Waals surface area contributed by atoms with Crippen molar-refractivity contribution in [2.45, 2.75) is 32.9 Å². The van der Waals surface area contributed by atoms with Crippen LogP contribution in [-0.2, 0) is 33.8 Å². The number of rotatable bonds is 13. The van der Waals surface area contributed by atoms with Gasteiger partial charge in [0.1, 0.15) is 5.75 Å². The number of hydrogen-bond acceptors (Lipinski definition) is 7. The molecule has 0 aliphatic rings. The number of carbonyl (C=O) groups excluding carboxylic acids is 1. The first-order valence-electron chi connectivity index (χ1n) is 10.6. The van der Waals surface area contributed by atoms with E-state index in [-0.39, 0.29) is 12.3 Å². The van der Waals surface area contributed by atoms with Gasteiger partial charge in [-0.15, -0.1) is 0 Å². The van der Waals surface area contributed by atoms with Crippen molar-refractivity contribution >= 4 is 5.91 Å². The highest BCUT2D eigenvalue weighted by molar-refractivity contribution is 5.76. The average Bonchev–Trinajstić information content (AvgIpc) is 3.31. The van der Waals surface area contributed by atoms with Gasteiger partial charge in [0.25, 0.3) is 0 Å². The molecule has 0 unspecified atom stereocenters. The highest BCUT2D eigenvalue weighted by atomic mass is 16.5. The number of aryl methyl sites for hydroxylation is 1. The van der Waals surface area contributed by atoms with Crippen molar-refractivity contribution in [3.63, 3.8) is 0 Å². The van der Waals surface area contributed by atoms with E-state index in [0.717, 1.165) is 22.4 Å². The van der Waals surface area contributed by atoms with E-state index in [1.54, 1.807) is 7.11 Å². The third-order valence-corrected chi connectivity index (χ3v) is 4.71. The van der Waals surface area contributed by atoms with Gasteiger partial charge in [-0.05, 0) is 42.3 Å². The van der Waals surface area contributed by atoms with Crippen LogP contribution in [0.4, 0.5) is 0 Å². The van der Waals surface area contributed by atoms with Gasteiger partial charge < -0.3 is 24.1 Å². The molecule has 1 heterocycles. The zero-order valence-electron chi connectivity index (χ0n) is 18.5. The molecule has 8 heteroatoms. The first-order valence-corrected chi connectivity index (χ1v) is 10.6. The van der Waals surface area contributed by atoms with E-state index in [9.17, 15) is 4.79 Å². The molecule has 1 amide bonds. The summed E-state index contributed by atoms with van der Waals surface area (Å²) in [4.78, 5) is 16.6. The molecule has 3 rings (SSSR count).